The Hall–Kier alpha value is -2.77. The van der Waals surface area contributed by atoms with Crippen molar-refractivity contribution in [2.45, 2.75) is 46.0 Å². The summed E-state index contributed by atoms with van der Waals surface area (Å²) in [5, 5.41) is 11.7. The summed E-state index contributed by atoms with van der Waals surface area (Å²) in [5.41, 5.74) is 4.94. The van der Waals surface area contributed by atoms with Crippen molar-refractivity contribution in [3.05, 3.63) is 68.1 Å². The van der Waals surface area contributed by atoms with Crippen LogP contribution >= 0.6 is 11.6 Å². The number of aliphatic imine (C=N–C) groups is 1. The minimum absolute atomic E-state index is 0.0400. The fourth-order valence-electron chi connectivity index (χ4n) is 4.33. The van der Waals surface area contributed by atoms with Gasteiger partial charge in [0.2, 0.25) is 0 Å². The lowest BCUT2D eigenvalue weighted by molar-refractivity contribution is 0.255. The summed E-state index contributed by atoms with van der Waals surface area (Å²) in [6.45, 7) is 7.97. The largest absolute Gasteiger partial charge is 0.358 e. The fraction of sp³-hybridized carbons (Fsp3) is 0.417. The number of aryl methyl sites for hydroxylation is 1. The van der Waals surface area contributed by atoms with E-state index in [1.807, 2.05) is 27.0 Å². The van der Waals surface area contributed by atoms with Gasteiger partial charge in [-0.3, -0.25) is 19.6 Å². The van der Waals surface area contributed by atoms with Crippen molar-refractivity contribution in [3.8, 4) is 0 Å². The number of aromatic nitrogens is 2. The lowest BCUT2D eigenvalue weighted by atomic mass is 9.90. The summed E-state index contributed by atoms with van der Waals surface area (Å²) in [4.78, 5) is 24.6. The van der Waals surface area contributed by atoms with E-state index in [0.29, 0.717) is 11.6 Å². The molecule has 0 saturated carbocycles. The molecule has 0 spiro atoms. The molecular weight excluding hydrogens is 424 g/mol. The predicted molar refractivity (Wildman–Crippen MR) is 130 cm³/mol. The molecule has 1 saturated heterocycles. The van der Waals surface area contributed by atoms with Crippen molar-refractivity contribution in [3.63, 3.8) is 0 Å². The van der Waals surface area contributed by atoms with Gasteiger partial charge in [0.15, 0.2) is 0 Å². The van der Waals surface area contributed by atoms with Crippen molar-refractivity contribution in [2.24, 2.45) is 4.99 Å². The second-order valence-electron chi connectivity index (χ2n) is 8.62. The third-order valence-corrected chi connectivity index (χ3v) is 6.54. The fourth-order valence-corrected chi connectivity index (χ4v) is 4.57. The molecule has 2 aromatic heterocycles. The van der Waals surface area contributed by atoms with Crippen LogP contribution in [0.5, 0.6) is 0 Å². The maximum Gasteiger partial charge on any atom is 0.277 e. The van der Waals surface area contributed by atoms with Gasteiger partial charge in [0.25, 0.3) is 5.56 Å². The normalized spacial score (nSPS) is 19.1. The highest BCUT2D eigenvalue weighted by Gasteiger charge is 2.22. The highest BCUT2D eigenvalue weighted by Crippen LogP contribution is 2.29. The Bertz CT molecular complexity index is 1230. The molecule has 32 heavy (non-hydrogen) atoms. The number of nitrogens with one attached hydrogen (secondary N) is 2. The molecule has 2 aliphatic rings. The van der Waals surface area contributed by atoms with E-state index in [-0.39, 0.29) is 22.0 Å². The molecule has 0 aromatic carbocycles. The van der Waals surface area contributed by atoms with Gasteiger partial charge in [-0.2, -0.15) is 0 Å². The summed E-state index contributed by atoms with van der Waals surface area (Å²) in [7, 11) is 2.14. The zero-order chi connectivity index (χ0) is 23.0. The van der Waals surface area contributed by atoms with Crippen LogP contribution in [0.25, 0.3) is 5.65 Å². The molecule has 0 unspecified atom stereocenters. The Balaban J connectivity index is 1.74. The highest BCUT2D eigenvalue weighted by molar-refractivity contribution is 6.34. The van der Waals surface area contributed by atoms with Crippen LogP contribution in [-0.2, 0) is 0 Å². The lowest BCUT2D eigenvalue weighted by Gasteiger charge is -2.29. The maximum absolute atomic E-state index is 13.2. The first kappa shape index (κ1) is 22.4. The lowest BCUT2D eigenvalue weighted by Crippen LogP contribution is -2.29. The van der Waals surface area contributed by atoms with Gasteiger partial charge in [0, 0.05) is 12.4 Å². The van der Waals surface area contributed by atoms with Crippen LogP contribution < -0.4 is 10.9 Å². The molecule has 0 aliphatic carbocycles. The second kappa shape index (κ2) is 9.00. The van der Waals surface area contributed by atoms with Crippen molar-refractivity contribution in [1.82, 2.24) is 19.6 Å². The molecule has 1 fully saturated rings. The van der Waals surface area contributed by atoms with Gasteiger partial charge in [-0.1, -0.05) is 24.6 Å². The molecule has 8 heteroatoms. The Kier molecular flexibility index (Phi) is 6.31. The van der Waals surface area contributed by atoms with Crippen molar-refractivity contribution >= 4 is 28.7 Å². The van der Waals surface area contributed by atoms with Crippen LogP contribution in [0, 0.1) is 12.3 Å². The molecule has 0 atom stereocenters. The average molecular weight is 453 g/mol. The molecule has 168 valence electrons. The molecule has 0 amide bonds. The van der Waals surface area contributed by atoms with Crippen LogP contribution in [-0.4, -0.2) is 45.8 Å². The summed E-state index contributed by atoms with van der Waals surface area (Å²) in [6, 6.07) is 2.12. The van der Waals surface area contributed by atoms with Crippen molar-refractivity contribution in [2.75, 3.05) is 20.1 Å². The number of nitrogens with zero attached hydrogens (tertiary/aromatic N) is 4. The van der Waals surface area contributed by atoms with Gasteiger partial charge < -0.3 is 10.2 Å². The zero-order valence-corrected chi connectivity index (χ0v) is 19.8. The van der Waals surface area contributed by atoms with E-state index < -0.39 is 0 Å². The minimum atomic E-state index is -0.343. The number of halogens is 1. The molecule has 2 aromatic rings. The van der Waals surface area contributed by atoms with E-state index in [2.05, 4.69) is 33.3 Å². The smallest absolute Gasteiger partial charge is 0.277 e. The third-order valence-electron chi connectivity index (χ3n) is 6.20. The predicted octanol–water partition coefficient (Wildman–Crippen LogP) is 4.03. The van der Waals surface area contributed by atoms with E-state index in [1.165, 1.54) is 0 Å². The Morgan fingerprint density at radius 3 is 2.75 bits per heavy atom. The SMILES string of the molecule is CCC1=NC(C)=CN/C1=C\C(=N)c1nc2c(C)cc(C3CCN(C)CC3)cn2c(=O)c1Cl. The first-order valence-electron chi connectivity index (χ1n) is 11.0. The van der Waals surface area contributed by atoms with E-state index in [9.17, 15) is 4.79 Å². The number of hydrogen-bond donors (Lipinski definition) is 2. The van der Waals surface area contributed by atoms with E-state index >= 15 is 0 Å². The Morgan fingerprint density at radius 2 is 2.06 bits per heavy atom. The van der Waals surface area contributed by atoms with Gasteiger partial charge in [-0.25, -0.2) is 4.98 Å². The molecular formula is C24H29ClN6O. The Labute approximate surface area is 193 Å². The third kappa shape index (κ3) is 4.27. The topological polar surface area (TPSA) is 85.8 Å². The number of rotatable bonds is 4. The van der Waals surface area contributed by atoms with Gasteiger partial charge >= 0.3 is 0 Å². The first-order valence-corrected chi connectivity index (χ1v) is 11.4. The van der Waals surface area contributed by atoms with Crippen LogP contribution in [0.4, 0.5) is 0 Å². The van der Waals surface area contributed by atoms with E-state index in [1.54, 1.807) is 16.7 Å². The van der Waals surface area contributed by atoms with Gasteiger partial charge in [0.1, 0.15) is 16.4 Å². The quantitative estimate of drug-likeness (QED) is 0.685. The second-order valence-corrected chi connectivity index (χ2v) is 9.00. The van der Waals surface area contributed by atoms with Crippen LogP contribution in [0.3, 0.4) is 0 Å². The standard InChI is InChI=1S/C24H29ClN6O/c1-5-19-20(27-12-15(3)28-19)11-18(26)22-21(25)24(32)31-13-17(10-14(2)23(31)29-22)16-6-8-30(4)9-7-16/h10-13,16,26-27H,5-9H2,1-4H3/b20-11-,26-18?. The summed E-state index contributed by atoms with van der Waals surface area (Å²) < 4.78 is 1.54. The van der Waals surface area contributed by atoms with Crippen LogP contribution in [0.2, 0.25) is 5.02 Å². The molecule has 4 rings (SSSR count). The molecule has 0 radical (unpaired) electrons. The first-order chi connectivity index (χ1) is 15.3. The zero-order valence-electron chi connectivity index (χ0n) is 19.0. The summed E-state index contributed by atoms with van der Waals surface area (Å²) in [6.07, 6.45) is 8.15. The number of likely N-dealkylation sites (tertiary alicyclic amines) is 1. The van der Waals surface area contributed by atoms with Crippen LogP contribution in [0.15, 0.2) is 45.7 Å². The van der Waals surface area contributed by atoms with E-state index in [4.69, 9.17) is 17.0 Å². The number of piperidine rings is 1. The maximum atomic E-state index is 13.2. The Morgan fingerprint density at radius 1 is 1.34 bits per heavy atom. The molecule has 0 bridgehead atoms. The van der Waals surface area contributed by atoms with Crippen molar-refractivity contribution in [1.29, 1.82) is 5.41 Å². The summed E-state index contributed by atoms with van der Waals surface area (Å²) >= 11 is 6.45. The number of allylic oxidation sites excluding steroid dienone is 3. The summed E-state index contributed by atoms with van der Waals surface area (Å²) in [5.74, 6) is 0.420. The van der Waals surface area contributed by atoms with Crippen LogP contribution in [0.1, 0.15) is 55.8 Å². The van der Waals surface area contributed by atoms with E-state index in [0.717, 1.165) is 60.6 Å². The molecule has 2 aliphatic heterocycles. The minimum Gasteiger partial charge on any atom is -0.358 e. The molecule has 7 nitrogen and oxygen atoms in total. The average Bonchev–Trinajstić information content (AvgIpc) is 2.78. The van der Waals surface area contributed by atoms with Gasteiger partial charge in [0.05, 0.1) is 22.8 Å². The van der Waals surface area contributed by atoms with Crippen molar-refractivity contribution < 1.29 is 0 Å². The van der Waals surface area contributed by atoms with Gasteiger partial charge in [-0.05, 0) is 76.4 Å². The monoisotopic (exact) mass is 452 g/mol. The van der Waals surface area contributed by atoms with Gasteiger partial charge in [-0.15, -0.1) is 0 Å². The number of pyridine rings is 1. The molecule has 4 heterocycles. The number of hydrogen-bond acceptors (Lipinski definition) is 6. The highest BCUT2D eigenvalue weighted by atomic mass is 35.5. The number of fused-ring (bicyclic) bond motifs is 1. The molecule has 2 N–H and O–H groups in total.